The second-order valence-corrected chi connectivity index (χ2v) is 4.71. The Hall–Kier alpha value is -1.34. The van der Waals surface area contributed by atoms with Crippen LogP contribution in [0.5, 0.6) is 0 Å². The van der Waals surface area contributed by atoms with E-state index < -0.39 is 18.0 Å². The number of amides is 2. The van der Waals surface area contributed by atoms with Gasteiger partial charge in [-0.25, -0.2) is 9.59 Å². The summed E-state index contributed by atoms with van der Waals surface area (Å²) in [6.07, 6.45) is 3.21. The minimum atomic E-state index is -1.15. The first-order valence-electron chi connectivity index (χ1n) is 6.61. The zero-order valence-electron chi connectivity index (χ0n) is 10.9. The quantitative estimate of drug-likeness (QED) is 0.535. The normalized spacial score (nSPS) is 20.9. The smallest absolute Gasteiger partial charge is 0.326 e. The van der Waals surface area contributed by atoms with E-state index >= 15 is 0 Å². The summed E-state index contributed by atoms with van der Waals surface area (Å²) in [5.41, 5.74) is 0. The summed E-state index contributed by atoms with van der Waals surface area (Å²) < 4.78 is 0. The number of aliphatic carboxylic acids is 1. The van der Waals surface area contributed by atoms with E-state index in [1.807, 2.05) is 0 Å². The van der Waals surface area contributed by atoms with Crippen molar-refractivity contribution in [3.63, 3.8) is 0 Å². The molecule has 0 spiro atoms. The number of nitrogens with one attached hydrogen (secondary N) is 1. The molecule has 0 radical (unpaired) electrons. The summed E-state index contributed by atoms with van der Waals surface area (Å²) in [5, 5.41) is 29.1. The Bertz CT molecular complexity index is 308. The van der Waals surface area contributed by atoms with Crippen LogP contribution >= 0.6 is 0 Å². The molecule has 110 valence electrons. The predicted octanol–water partition coefficient (Wildman–Crippen LogP) is -0.231. The van der Waals surface area contributed by atoms with Gasteiger partial charge >= 0.3 is 12.0 Å². The topological polar surface area (TPSA) is 110 Å². The van der Waals surface area contributed by atoms with Gasteiger partial charge in [0.1, 0.15) is 6.04 Å². The summed E-state index contributed by atoms with van der Waals surface area (Å²) in [6.45, 7) is 0.284. The van der Waals surface area contributed by atoms with E-state index in [9.17, 15) is 9.59 Å². The van der Waals surface area contributed by atoms with Crippen LogP contribution in [-0.2, 0) is 4.79 Å². The van der Waals surface area contributed by atoms with E-state index in [2.05, 4.69) is 5.32 Å². The first-order chi connectivity index (χ1) is 9.10. The molecule has 7 nitrogen and oxygen atoms in total. The first-order valence-corrected chi connectivity index (χ1v) is 6.61. The maximum atomic E-state index is 12.1. The van der Waals surface area contributed by atoms with Gasteiger partial charge in [-0.05, 0) is 25.7 Å². The van der Waals surface area contributed by atoms with Crippen molar-refractivity contribution in [1.82, 2.24) is 10.2 Å². The minimum Gasteiger partial charge on any atom is -0.480 e. The Morgan fingerprint density at radius 3 is 2.58 bits per heavy atom. The van der Waals surface area contributed by atoms with Gasteiger partial charge in [0, 0.05) is 32.2 Å². The van der Waals surface area contributed by atoms with Crippen molar-refractivity contribution in [3.8, 4) is 0 Å². The molecule has 19 heavy (non-hydrogen) atoms. The van der Waals surface area contributed by atoms with Gasteiger partial charge in [-0.2, -0.15) is 0 Å². The van der Waals surface area contributed by atoms with Crippen LogP contribution in [0.1, 0.15) is 32.1 Å². The minimum absolute atomic E-state index is 0.00739. The van der Waals surface area contributed by atoms with Crippen LogP contribution in [0.3, 0.4) is 0 Å². The van der Waals surface area contributed by atoms with E-state index in [4.69, 9.17) is 15.3 Å². The summed E-state index contributed by atoms with van der Waals surface area (Å²) in [4.78, 5) is 24.6. The fourth-order valence-electron chi connectivity index (χ4n) is 2.34. The Labute approximate surface area is 112 Å². The largest absolute Gasteiger partial charge is 0.480 e. The fraction of sp³-hybridized carbons (Fsp3) is 0.833. The number of carboxylic acid groups (broad SMARTS) is 1. The number of carbonyl (C=O) groups is 2. The number of hydrogen-bond acceptors (Lipinski definition) is 4. The van der Waals surface area contributed by atoms with Crippen LogP contribution in [0.25, 0.3) is 0 Å². The highest BCUT2D eigenvalue weighted by atomic mass is 16.4. The van der Waals surface area contributed by atoms with Crippen LogP contribution in [0.4, 0.5) is 4.79 Å². The second-order valence-electron chi connectivity index (χ2n) is 4.71. The molecule has 2 atom stereocenters. The van der Waals surface area contributed by atoms with Gasteiger partial charge in [0.2, 0.25) is 0 Å². The van der Waals surface area contributed by atoms with Crippen molar-refractivity contribution >= 4 is 12.0 Å². The van der Waals surface area contributed by atoms with Gasteiger partial charge in [0.15, 0.2) is 0 Å². The molecule has 4 N–H and O–H groups in total. The van der Waals surface area contributed by atoms with Gasteiger partial charge in [-0.1, -0.05) is 0 Å². The summed E-state index contributed by atoms with van der Waals surface area (Å²) in [5.74, 6) is -1.15. The molecule has 1 rings (SSSR count). The third-order valence-electron chi connectivity index (χ3n) is 3.36. The van der Waals surface area contributed by atoms with Gasteiger partial charge in [-0.3, -0.25) is 0 Å². The maximum Gasteiger partial charge on any atom is 0.326 e. The molecule has 1 fully saturated rings. The SMILES string of the molecule is O=C(O)C(CCO)NC(=O)N1CCCCC1CCO. The van der Waals surface area contributed by atoms with Gasteiger partial charge < -0.3 is 25.5 Å². The fourth-order valence-corrected chi connectivity index (χ4v) is 2.34. The standard InChI is InChI=1S/C12H22N2O5/c15-7-4-9-3-1-2-6-14(9)12(19)13-10(5-8-16)11(17)18/h9-10,15-16H,1-8H2,(H,13,19)(H,17,18). The highest BCUT2D eigenvalue weighted by Gasteiger charge is 2.29. The highest BCUT2D eigenvalue weighted by molar-refractivity contribution is 5.82. The lowest BCUT2D eigenvalue weighted by Gasteiger charge is -2.36. The molecule has 2 unspecified atom stereocenters. The Kier molecular flexibility index (Phi) is 6.58. The molecule has 1 heterocycles. The molecule has 0 aromatic carbocycles. The van der Waals surface area contributed by atoms with Crippen molar-refractivity contribution in [2.24, 2.45) is 0 Å². The molecule has 0 bridgehead atoms. The molecule has 1 saturated heterocycles. The van der Waals surface area contributed by atoms with E-state index in [1.54, 1.807) is 4.90 Å². The van der Waals surface area contributed by atoms with Crippen LogP contribution in [0.15, 0.2) is 0 Å². The lowest BCUT2D eigenvalue weighted by Crippen LogP contribution is -2.53. The third kappa shape index (κ3) is 4.68. The van der Waals surface area contributed by atoms with E-state index in [1.165, 1.54) is 0 Å². The number of rotatable bonds is 6. The van der Waals surface area contributed by atoms with Crippen LogP contribution in [-0.4, -0.2) is 64.1 Å². The summed E-state index contributed by atoms with van der Waals surface area (Å²) in [7, 11) is 0. The number of carboxylic acids is 1. The van der Waals surface area contributed by atoms with Crippen LogP contribution < -0.4 is 5.32 Å². The van der Waals surface area contributed by atoms with Crippen molar-refractivity contribution in [1.29, 1.82) is 0 Å². The number of piperidine rings is 1. The van der Waals surface area contributed by atoms with E-state index in [-0.39, 0.29) is 25.7 Å². The van der Waals surface area contributed by atoms with E-state index in [0.29, 0.717) is 13.0 Å². The van der Waals surface area contributed by atoms with Crippen LogP contribution in [0.2, 0.25) is 0 Å². The monoisotopic (exact) mass is 274 g/mol. The zero-order chi connectivity index (χ0) is 14.3. The Balaban J connectivity index is 2.60. The number of nitrogens with zero attached hydrogens (tertiary/aromatic N) is 1. The Morgan fingerprint density at radius 1 is 1.26 bits per heavy atom. The average molecular weight is 274 g/mol. The van der Waals surface area contributed by atoms with Crippen LogP contribution in [0, 0.1) is 0 Å². The number of aliphatic hydroxyl groups is 2. The lowest BCUT2D eigenvalue weighted by molar-refractivity contribution is -0.139. The summed E-state index contributed by atoms with van der Waals surface area (Å²) in [6, 6.07) is -1.55. The van der Waals surface area contributed by atoms with Gasteiger partial charge in [-0.15, -0.1) is 0 Å². The van der Waals surface area contributed by atoms with Crippen molar-refractivity contribution in [2.45, 2.75) is 44.2 Å². The number of urea groups is 1. The lowest BCUT2D eigenvalue weighted by atomic mass is 10.00. The number of hydrogen-bond donors (Lipinski definition) is 4. The zero-order valence-corrected chi connectivity index (χ0v) is 10.9. The molecule has 0 aromatic heterocycles. The molecule has 1 aliphatic heterocycles. The van der Waals surface area contributed by atoms with Crippen molar-refractivity contribution < 1.29 is 24.9 Å². The molecule has 0 aliphatic carbocycles. The first kappa shape index (κ1) is 15.7. The number of carbonyl (C=O) groups excluding carboxylic acids is 1. The van der Waals surface area contributed by atoms with E-state index in [0.717, 1.165) is 19.3 Å². The Morgan fingerprint density at radius 2 is 2.00 bits per heavy atom. The third-order valence-corrected chi connectivity index (χ3v) is 3.36. The molecule has 7 heteroatoms. The van der Waals surface area contributed by atoms with Gasteiger partial charge in [0.05, 0.1) is 0 Å². The molecular weight excluding hydrogens is 252 g/mol. The number of likely N-dealkylation sites (tertiary alicyclic amines) is 1. The maximum absolute atomic E-state index is 12.1. The summed E-state index contributed by atoms with van der Waals surface area (Å²) >= 11 is 0. The molecule has 0 saturated carbocycles. The molecule has 0 aromatic rings. The number of aliphatic hydroxyl groups excluding tert-OH is 2. The predicted molar refractivity (Wildman–Crippen MR) is 67.7 cm³/mol. The molecular formula is C12H22N2O5. The molecule has 1 aliphatic rings. The van der Waals surface area contributed by atoms with Crippen molar-refractivity contribution in [2.75, 3.05) is 19.8 Å². The van der Waals surface area contributed by atoms with Gasteiger partial charge in [0.25, 0.3) is 0 Å². The second kappa shape index (κ2) is 7.96. The van der Waals surface area contributed by atoms with Crippen molar-refractivity contribution in [3.05, 3.63) is 0 Å². The highest BCUT2D eigenvalue weighted by Crippen LogP contribution is 2.19. The average Bonchev–Trinajstić information content (AvgIpc) is 2.39. The molecule has 2 amide bonds.